The predicted molar refractivity (Wildman–Crippen MR) is 94.7 cm³/mol. The second kappa shape index (κ2) is 6.49. The molecule has 0 N–H and O–H groups in total. The van der Waals surface area contributed by atoms with Crippen LogP contribution in [-0.2, 0) is 4.74 Å². The quantitative estimate of drug-likeness (QED) is 0.799. The summed E-state index contributed by atoms with van der Waals surface area (Å²) >= 11 is 1.61. The molecule has 0 radical (unpaired) electrons. The van der Waals surface area contributed by atoms with Crippen molar-refractivity contribution < 1.29 is 14.3 Å². The van der Waals surface area contributed by atoms with Crippen LogP contribution in [0.5, 0.6) is 5.75 Å². The third-order valence-corrected chi connectivity index (χ3v) is 5.79. The molecule has 0 aliphatic carbocycles. The van der Waals surface area contributed by atoms with E-state index in [-0.39, 0.29) is 5.78 Å². The Labute approximate surface area is 145 Å². The number of thiophene rings is 1. The highest BCUT2D eigenvalue weighted by molar-refractivity contribution is 7.13. The van der Waals surface area contributed by atoms with Gasteiger partial charge in [-0.15, -0.1) is 11.3 Å². The molecule has 2 atom stereocenters. The number of ether oxygens (including phenoxy) is 2. The monoisotopic (exact) mass is 341 g/mol. The molecule has 2 aliphatic rings. The fourth-order valence-electron chi connectivity index (χ4n) is 3.49. The highest BCUT2D eigenvalue weighted by atomic mass is 32.1. The summed E-state index contributed by atoms with van der Waals surface area (Å²) in [5.41, 5.74) is 2.51. The van der Waals surface area contributed by atoms with Crippen LogP contribution in [0.4, 0.5) is 0 Å². The molecule has 5 heteroatoms. The maximum absolute atomic E-state index is 12.9. The number of ketones is 1. The lowest BCUT2D eigenvalue weighted by molar-refractivity contribution is 0.106. The SMILES string of the molecule is COc1ccc(C(=O)C2=NCC(C3CCOC3)c3ccsc32)cc1. The molecule has 0 saturated carbocycles. The van der Waals surface area contributed by atoms with E-state index in [0.29, 0.717) is 29.7 Å². The molecular weight excluding hydrogens is 322 g/mol. The molecule has 0 amide bonds. The second-order valence-corrected chi connectivity index (χ2v) is 7.10. The Hall–Kier alpha value is -1.98. The maximum atomic E-state index is 12.9. The lowest BCUT2D eigenvalue weighted by Gasteiger charge is -2.25. The van der Waals surface area contributed by atoms with Crippen LogP contribution in [0.3, 0.4) is 0 Å². The minimum atomic E-state index is -0.0116. The standard InChI is InChI=1S/C19H19NO3S/c1-22-14-4-2-12(3-5-14)18(21)17-19-15(7-9-24-19)16(10-20-17)13-6-8-23-11-13/h2-5,7,9,13,16H,6,8,10-11H2,1H3. The Morgan fingerprint density at radius 1 is 1.29 bits per heavy atom. The van der Waals surface area contributed by atoms with Crippen molar-refractivity contribution in [3.8, 4) is 5.75 Å². The van der Waals surface area contributed by atoms with Gasteiger partial charge in [0.05, 0.1) is 18.6 Å². The maximum Gasteiger partial charge on any atom is 0.212 e. The summed E-state index contributed by atoms with van der Waals surface area (Å²) in [7, 11) is 1.62. The van der Waals surface area contributed by atoms with Crippen LogP contribution >= 0.6 is 11.3 Å². The van der Waals surface area contributed by atoms with E-state index in [2.05, 4.69) is 16.4 Å². The van der Waals surface area contributed by atoms with E-state index in [4.69, 9.17) is 9.47 Å². The molecule has 24 heavy (non-hydrogen) atoms. The topological polar surface area (TPSA) is 47.9 Å². The zero-order valence-corrected chi connectivity index (χ0v) is 14.3. The van der Waals surface area contributed by atoms with Gasteiger partial charge in [-0.25, -0.2) is 0 Å². The number of nitrogens with zero attached hydrogens (tertiary/aromatic N) is 1. The van der Waals surface area contributed by atoms with Crippen molar-refractivity contribution in [3.63, 3.8) is 0 Å². The van der Waals surface area contributed by atoms with Crippen molar-refractivity contribution in [3.05, 3.63) is 51.7 Å². The first-order chi connectivity index (χ1) is 11.8. The number of hydrogen-bond acceptors (Lipinski definition) is 5. The van der Waals surface area contributed by atoms with Gasteiger partial charge in [-0.3, -0.25) is 9.79 Å². The number of carbonyl (C=O) groups is 1. The third-order valence-electron chi connectivity index (χ3n) is 4.86. The van der Waals surface area contributed by atoms with Gasteiger partial charge in [0.1, 0.15) is 11.5 Å². The normalized spacial score (nSPS) is 22.8. The number of benzene rings is 1. The van der Waals surface area contributed by atoms with Crippen LogP contribution in [-0.4, -0.2) is 38.4 Å². The first-order valence-electron chi connectivity index (χ1n) is 8.16. The van der Waals surface area contributed by atoms with Gasteiger partial charge in [0.25, 0.3) is 0 Å². The Morgan fingerprint density at radius 3 is 2.83 bits per heavy atom. The molecule has 1 aromatic heterocycles. The first-order valence-corrected chi connectivity index (χ1v) is 9.04. The first kappa shape index (κ1) is 15.5. The predicted octanol–water partition coefficient (Wildman–Crippen LogP) is 3.56. The summed E-state index contributed by atoms with van der Waals surface area (Å²) in [4.78, 5) is 18.6. The number of methoxy groups -OCH3 is 1. The fourth-order valence-corrected chi connectivity index (χ4v) is 4.47. The van der Waals surface area contributed by atoms with E-state index in [0.717, 1.165) is 30.3 Å². The van der Waals surface area contributed by atoms with Crippen molar-refractivity contribution >= 4 is 22.8 Å². The van der Waals surface area contributed by atoms with E-state index in [1.165, 1.54) is 5.56 Å². The van der Waals surface area contributed by atoms with Gasteiger partial charge in [0.15, 0.2) is 0 Å². The largest absolute Gasteiger partial charge is 0.497 e. The molecule has 4 rings (SSSR count). The smallest absolute Gasteiger partial charge is 0.212 e. The van der Waals surface area contributed by atoms with Gasteiger partial charge in [-0.05, 0) is 53.6 Å². The van der Waals surface area contributed by atoms with E-state index in [1.54, 1.807) is 30.6 Å². The van der Waals surface area contributed by atoms with Crippen molar-refractivity contribution in [2.24, 2.45) is 10.9 Å². The van der Waals surface area contributed by atoms with E-state index in [9.17, 15) is 4.79 Å². The Kier molecular flexibility index (Phi) is 4.21. The van der Waals surface area contributed by atoms with Gasteiger partial charge in [0.2, 0.25) is 5.78 Å². The summed E-state index contributed by atoms with van der Waals surface area (Å²) in [6.45, 7) is 2.31. The summed E-state index contributed by atoms with van der Waals surface area (Å²) < 4.78 is 10.7. The number of rotatable bonds is 4. The number of Topliss-reactive ketones (excluding diaryl/α,β-unsaturated/α-hetero) is 1. The highest BCUT2D eigenvalue weighted by Crippen LogP contribution is 2.38. The summed E-state index contributed by atoms with van der Waals surface area (Å²) in [5, 5.41) is 2.07. The van der Waals surface area contributed by atoms with Crippen LogP contribution < -0.4 is 4.74 Å². The van der Waals surface area contributed by atoms with E-state index < -0.39 is 0 Å². The molecule has 1 aromatic carbocycles. The van der Waals surface area contributed by atoms with Crippen molar-refractivity contribution in [2.75, 3.05) is 26.9 Å². The van der Waals surface area contributed by atoms with Gasteiger partial charge in [-0.2, -0.15) is 0 Å². The summed E-state index contributed by atoms with van der Waals surface area (Å²) in [6.07, 6.45) is 1.08. The average Bonchev–Trinajstić information content (AvgIpc) is 3.32. The Balaban J connectivity index is 1.63. The van der Waals surface area contributed by atoms with Gasteiger partial charge in [-0.1, -0.05) is 0 Å². The zero-order chi connectivity index (χ0) is 16.5. The molecule has 2 aliphatic heterocycles. The molecule has 2 unspecified atom stereocenters. The molecule has 0 spiro atoms. The molecule has 2 aromatic rings. The summed E-state index contributed by atoms with van der Waals surface area (Å²) in [6, 6.07) is 9.37. The van der Waals surface area contributed by atoms with Crippen LogP contribution in [0, 0.1) is 5.92 Å². The van der Waals surface area contributed by atoms with Crippen LogP contribution in [0.2, 0.25) is 0 Å². The Bertz CT molecular complexity index is 772. The van der Waals surface area contributed by atoms with Crippen LogP contribution in [0.15, 0.2) is 40.7 Å². The second-order valence-electron chi connectivity index (χ2n) is 6.18. The minimum absolute atomic E-state index is 0.0116. The van der Waals surface area contributed by atoms with E-state index >= 15 is 0 Å². The average molecular weight is 341 g/mol. The molecular formula is C19H19NO3S. The molecule has 1 saturated heterocycles. The lowest BCUT2D eigenvalue weighted by Crippen LogP contribution is -2.26. The number of hydrogen-bond donors (Lipinski definition) is 0. The van der Waals surface area contributed by atoms with E-state index in [1.807, 2.05) is 12.1 Å². The molecule has 1 fully saturated rings. The third kappa shape index (κ3) is 2.68. The fraction of sp³-hybridized carbons (Fsp3) is 0.368. The van der Waals surface area contributed by atoms with Crippen LogP contribution in [0.25, 0.3) is 0 Å². The molecule has 4 nitrogen and oxygen atoms in total. The van der Waals surface area contributed by atoms with Crippen molar-refractivity contribution in [1.29, 1.82) is 0 Å². The highest BCUT2D eigenvalue weighted by Gasteiger charge is 2.34. The lowest BCUT2D eigenvalue weighted by atomic mass is 9.83. The van der Waals surface area contributed by atoms with Crippen molar-refractivity contribution in [2.45, 2.75) is 12.3 Å². The number of aliphatic imine (C=N–C) groups is 1. The minimum Gasteiger partial charge on any atom is -0.497 e. The molecule has 0 bridgehead atoms. The van der Waals surface area contributed by atoms with Gasteiger partial charge < -0.3 is 9.47 Å². The Morgan fingerprint density at radius 2 is 2.12 bits per heavy atom. The molecule has 3 heterocycles. The van der Waals surface area contributed by atoms with Crippen molar-refractivity contribution in [1.82, 2.24) is 0 Å². The summed E-state index contributed by atoms with van der Waals surface area (Å²) in [5.74, 6) is 1.62. The number of fused-ring (bicyclic) bond motifs is 1. The van der Waals surface area contributed by atoms with Crippen LogP contribution in [0.1, 0.15) is 33.1 Å². The zero-order valence-electron chi connectivity index (χ0n) is 13.5. The van der Waals surface area contributed by atoms with Gasteiger partial charge >= 0.3 is 0 Å². The number of carbonyl (C=O) groups excluding carboxylic acids is 1. The molecule has 124 valence electrons. The van der Waals surface area contributed by atoms with Gasteiger partial charge in [0, 0.05) is 24.6 Å².